The van der Waals surface area contributed by atoms with Crippen molar-refractivity contribution >= 4 is 46.7 Å². The summed E-state index contributed by atoms with van der Waals surface area (Å²) in [4.78, 5) is 57.4. The number of non-ortho nitro benzene ring substituents is 2. The summed E-state index contributed by atoms with van der Waals surface area (Å²) in [6.07, 6.45) is 0. The Morgan fingerprint density at radius 1 is 0.778 bits per heavy atom. The Morgan fingerprint density at radius 2 is 1.26 bits per heavy atom. The molecule has 282 valence electrons. The second-order valence-electron chi connectivity index (χ2n) is 10.9. The molecule has 2 aromatic heterocycles. The molecule has 54 heavy (non-hydrogen) atoms. The number of aromatic nitrogens is 4. The van der Waals surface area contributed by atoms with Gasteiger partial charge in [0.1, 0.15) is 11.1 Å². The Hall–Kier alpha value is -7.38. The predicted octanol–water partition coefficient (Wildman–Crippen LogP) is 5.91. The van der Waals surface area contributed by atoms with Gasteiger partial charge in [0.25, 0.3) is 11.4 Å². The first-order valence-electron chi connectivity index (χ1n) is 15.9. The first kappa shape index (κ1) is 39.4. The minimum absolute atomic E-state index is 0.0172. The number of nitrogens with two attached hydrogens (primary N) is 1. The molecular weight excluding hydrogens is 713 g/mol. The zero-order valence-electron chi connectivity index (χ0n) is 29.5. The van der Waals surface area contributed by atoms with Gasteiger partial charge in [-0.2, -0.15) is 0 Å². The molecule has 5 aromatic rings. The SMILES string of the molecule is CCOC(=O)c1c(N)nn(-c2ccc([N+](=O)[O-])cc2)c1C.CCOC(=O)c1c(NC(=O)Nc2cccc(OC)c2F)nn(-c2ccc([N+](=O)[O-])cc2)c1C. The van der Waals surface area contributed by atoms with Gasteiger partial charge >= 0.3 is 18.0 Å². The first-order valence-corrected chi connectivity index (χ1v) is 15.9. The van der Waals surface area contributed by atoms with Crippen LogP contribution in [0.1, 0.15) is 46.0 Å². The van der Waals surface area contributed by atoms with Crippen molar-refractivity contribution in [2.45, 2.75) is 27.7 Å². The van der Waals surface area contributed by atoms with Crippen LogP contribution in [0.2, 0.25) is 0 Å². The molecule has 0 aliphatic carbocycles. The van der Waals surface area contributed by atoms with Crippen molar-refractivity contribution in [3.8, 4) is 17.1 Å². The van der Waals surface area contributed by atoms with E-state index in [9.17, 15) is 39.0 Å². The smallest absolute Gasteiger partial charge is 0.343 e. The summed E-state index contributed by atoms with van der Waals surface area (Å²) >= 11 is 0. The Bertz CT molecular complexity index is 2200. The van der Waals surface area contributed by atoms with Crippen molar-refractivity contribution in [2.24, 2.45) is 0 Å². The number of carbonyl (C=O) groups is 3. The Balaban J connectivity index is 0.000000266. The number of carbonyl (C=O) groups excluding carboxylic acids is 3. The van der Waals surface area contributed by atoms with Gasteiger partial charge in [-0.1, -0.05) is 6.07 Å². The van der Waals surface area contributed by atoms with E-state index in [0.717, 1.165) is 0 Å². The second-order valence-corrected chi connectivity index (χ2v) is 10.9. The second kappa shape index (κ2) is 17.2. The van der Waals surface area contributed by atoms with Crippen LogP contribution in [0.3, 0.4) is 0 Å². The minimum atomic E-state index is -0.860. The monoisotopic (exact) mass is 747 g/mol. The molecule has 0 saturated carbocycles. The van der Waals surface area contributed by atoms with Gasteiger partial charge < -0.3 is 25.3 Å². The fourth-order valence-electron chi connectivity index (χ4n) is 4.98. The molecule has 2 heterocycles. The number of rotatable bonds is 11. The lowest BCUT2D eigenvalue weighted by atomic mass is 10.2. The molecule has 5 rings (SSSR count). The van der Waals surface area contributed by atoms with E-state index in [2.05, 4.69) is 20.8 Å². The number of urea groups is 1. The molecule has 0 radical (unpaired) electrons. The van der Waals surface area contributed by atoms with Crippen molar-refractivity contribution in [1.82, 2.24) is 19.6 Å². The van der Waals surface area contributed by atoms with Gasteiger partial charge in [0.15, 0.2) is 23.2 Å². The number of nitrogens with one attached hydrogen (secondary N) is 2. The van der Waals surface area contributed by atoms with E-state index in [4.69, 9.17) is 19.9 Å². The fourth-order valence-corrected chi connectivity index (χ4v) is 4.98. The third-order valence-electron chi connectivity index (χ3n) is 7.49. The van der Waals surface area contributed by atoms with Crippen molar-refractivity contribution in [3.63, 3.8) is 0 Å². The zero-order chi connectivity index (χ0) is 39.7. The maximum Gasteiger partial charge on any atom is 0.343 e. The molecule has 0 atom stereocenters. The van der Waals surface area contributed by atoms with Gasteiger partial charge in [-0.15, -0.1) is 10.2 Å². The number of hydrogen-bond acceptors (Lipinski definition) is 13. The van der Waals surface area contributed by atoms with E-state index in [-0.39, 0.29) is 58.8 Å². The third-order valence-corrected chi connectivity index (χ3v) is 7.49. The zero-order valence-corrected chi connectivity index (χ0v) is 29.5. The summed E-state index contributed by atoms with van der Waals surface area (Å²) in [5.41, 5.74) is 7.47. The highest BCUT2D eigenvalue weighted by Crippen LogP contribution is 2.27. The summed E-state index contributed by atoms with van der Waals surface area (Å²) in [6, 6.07) is 14.6. The van der Waals surface area contributed by atoms with Crippen LogP contribution in [-0.2, 0) is 9.47 Å². The predicted molar refractivity (Wildman–Crippen MR) is 192 cm³/mol. The molecule has 20 heteroatoms. The molecule has 0 bridgehead atoms. The first-order chi connectivity index (χ1) is 25.7. The van der Waals surface area contributed by atoms with Gasteiger partial charge in [0, 0.05) is 24.3 Å². The third kappa shape index (κ3) is 8.73. The number of hydrogen-bond donors (Lipinski definition) is 3. The van der Waals surface area contributed by atoms with Crippen LogP contribution >= 0.6 is 0 Å². The molecule has 0 fully saturated rings. The average Bonchev–Trinajstić information content (AvgIpc) is 3.63. The van der Waals surface area contributed by atoms with Gasteiger partial charge in [0.05, 0.1) is 58.6 Å². The number of anilines is 3. The number of esters is 2. The van der Waals surface area contributed by atoms with Crippen molar-refractivity contribution in [3.05, 3.63) is 115 Å². The summed E-state index contributed by atoms with van der Waals surface area (Å²) < 4.78 is 32.0. The van der Waals surface area contributed by atoms with E-state index < -0.39 is 33.6 Å². The minimum Gasteiger partial charge on any atom is -0.494 e. The van der Waals surface area contributed by atoms with E-state index in [1.165, 1.54) is 83.2 Å². The van der Waals surface area contributed by atoms with E-state index in [1.807, 2.05) is 0 Å². The molecule has 4 N–H and O–H groups in total. The molecule has 0 aliphatic heterocycles. The molecule has 3 aromatic carbocycles. The summed E-state index contributed by atoms with van der Waals surface area (Å²) in [5, 5.41) is 34.6. The number of nitrogen functional groups attached to an aromatic ring is 1. The average molecular weight is 748 g/mol. The maximum absolute atomic E-state index is 14.3. The summed E-state index contributed by atoms with van der Waals surface area (Å²) in [7, 11) is 1.29. The lowest BCUT2D eigenvalue weighted by Crippen LogP contribution is -2.22. The maximum atomic E-state index is 14.3. The number of nitro groups is 2. The summed E-state index contributed by atoms with van der Waals surface area (Å²) in [5.74, 6) is -2.17. The number of methoxy groups -OCH3 is 1. The fraction of sp³-hybridized carbons (Fsp3) is 0.206. The van der Waals surface area contributed by atoms with Crippen LogP contribution in [0.25, 0.3) is 11.4 Å². The Labute approximate surface area is 305 Å². The Kier molecular flexibility index (Phi) is 12.6. The van der Waals surface area contributed by atoms with Crippen LogP contribution in [0.4, 0.5) is 37.9 Å². The van der Waals surface area contributed by atoms with Gasteiger partial charge in [-0.3, -0.25) is 25.5 Å². The van der Waals surface area contributed by atoms with Crippen LogP contribution < -0.4 is 21.1 Å². The number of halogens is 1. The number of ether oxygens (including phenoxy) is 3. The highest BCUT2D eigenvalue weighted by molar-refractivity contribution is 6.05. The van der Waals surface area contributed by atoms with E-state index in [0.29, 0.717) is 22.8 Å². The van der Waals surface area contributed by atoms with Crippen LogP contribution in [0.5, 0.6) is 5.75 Å². The van der Waals surface area contributed by atoms with Gasteiger partial charge in [-0.25, -0.2) is 28.1 Å². The van der Waals surface area contributed by atoms with Gasteiger partial charge in [0.2, 0.25) is 0 Å². The summed E-state index contributed by atoms with van der Waals surface area (Å²) in [6.45, 7) is 6.90. The van der Waals surface area contributed by atoms with Crippen LogP contribution in [-0.4, -0.2) is 67.7 Å². The molecule has 19 nitrogen and oxygen atoms in total. The molecule has 2 amide bonds. The largest absolute Gasteiger partial charge is 0.494 e. The highest BCUT2D eigenvalue weighted by atomic mass is 19.1. The highest BCUT2D eigenvalue weighted by Gasteiger charge is 2.26. The van der Waals surface area contributed by atoms with Crippen molar-refractivity contribution < 1.29 is 42.8 Å². The molecule has 0 aliphatic rings. The van der Waals surface area contributed by atoms with Gasteiger partial charge in [-0.05, 0) is 64.1 Å². The normalized spacial score (nSPS) is 10.4. The van der Waals surface area contributed by atoms with Crippen molar-refractivity contribution in [1.29, 1.82) is 0 Å². The molecule has 0 spiro atoms. The molecule has 0 saturated heterocycles. The molecular formula is C34H34FN9O10. The topological polar surface area (TPSA) is 251 Å². The number of nitrogens with zero attached hydrogens (tertiary/aromatic N) is 6. The molecule has 0 unspecified atom stereocenters. The number of benzene rings is 3. The van der Waals surface area contributed by atoms with Crippen LogP contribution in [0, 0.1) is 39.9 Å². The van der Waals surface area contributed by atoms with Crippen molar-refractivity contribution in [2.75, 3.05) is 36.7 Å². The van der Waals surface area contributed by atoms with E-state index >= 15 is 0 Å². The lowest BCUT2D eigenvalue weighted by molar-refractivity contribution is -0.385. The lowest BCUT2D eigenvalue weighted by Gasteiger charge is -2.10. The van der Waals surface area contributed by atoms with Crippen LogP contribution in [0.15, 0.2) is 66.7 Å². The number of amides is 2. The standard InChI is InChI=1S/C21H20FN5O6.C13H14N4O4/c1-4-33-20(28)17-12(2)26(13-8-10-14(11-9-13)27(30)31)25-19(17)24-21(29)23-15-6-5-7-16(32-3)18(15)22;1-3-21-13(18)11-8(2)16(15-12(11)14)9-4-6-10(7-5-9)17(19)20/h5-11H,4H2,1-3H3,(H2,23,24,25,29);4-7H,3H2,1-2H3,(H2,14,15). The number of nitro benzene ring substituents is 2. The van der Waals surface area contributed by atoms with E-state index in [1.54, 1.807) is 27.7 Å². The quantitative estimate of drug-likeness (QED) is 0.0809. The Morgan fingerprint density at radius 3 is 1.74 bits per heavy atom.